The number of ether oxygens (including phenoxy) is 1. The van der Waals surface area contributed by atoms with Crippen LogP contribution in [-0.2, 0) is 6.42 Å². The Morgan fingerprint density at radius 3 is 2.88 bits per heavy atom. The molecule has 1 unspecified atom stereocenters. The summed E-state index contributed by atoms with van der Waals surface area (Å²) in [6.45, 7) is 4.12. The summed E-state index contributed by atoms with van der Waals surface area (Å²) in [6.07, 6.45) is 6.15. The van der Waals surface area contributed by atoms with Gasteiger partial charge in [-0.25, -0.2) is 4.98 Å². The predicted molar refractivity (Wildman–Crippen MR) is 94.5 cm³/mol. The van der Waals surface area contributed by atoms with Crippen LogP contribution in [0.1, 0.15) is 34.5 Å². The molecule has 2 aromatic rings. The first-order valence-electron chi connectivity index (χ1n) is 8.77. The monoisotopic (exact) mass is 338 g/mol. The summed E-state index contributed by atoms with van der Waals surface area (Å²) in [5, 5.41) is 0. The molecule has 1 amide bonds. The minimum atomic E-state index is -0.0445. The topological polar surface area (TPSA) is 81.3 Å². The maximum Gasteiger partial charge on any atom is 0.274 e. The first kappa shape index (κ1) is 16.0. The summed E-state index contributed by atoms with van der Waals surface area (Å²) in [5.41, 5.74) is 9.99. The van der Waals surface area contributed by atoms with Crippen LogP contribution in [0, 0.1) is 6.92 Å². The zero-order valence-electron chi connectivity index (χ0n) is 14.4. The number of hydrogen-bond acceptors (Lipinski definition) is 5. The van der Waals surface area contributed by atoms with Crippen LogP contribution in [-0.4, -0.2) is 46.5 Å². The van der Waals surface area contributed by atoms with E-state index in [0.29, 0.717) is 17.9 Å². The lowest BCUT2D eigenvalue weighted by Crippen LogP contribution is -2.28. The molecule has 0 aliphatic carbocycles. The van der Waals surface area contributed by atoms with Crippen molar-refractivity contribution in [2.24, 2.45) is 5.73 Å². The molecule has 0 bridgehead atoms. The van der Waals surface area contributed by atoms with Gasteiger partial charge >= 0.3 is 0 Å². The van der Waals surface area contributed by atoms with Crippen LogP contribution in [0.15, 0.2) is 24.5 Å². The highest BCUT2D eigenvalue weighted by Gasteiger charge is 2.27. The van der Waals surface area contributed by atoms with Gasteiger partial charge in [-0.2, -0.15) is 0 Å². The third-order valence-electron chi connectivity index (χ3n) is 4.83. The van der Waals surface area contributed by atoms with Crippen LogP contribution < -0.4 is 10.5 Å². The van der Waals surface area contributed by atoms with Gasteiger partial charge in [-0.05, 0) is 37.0 Å². The molecule has 130 valence electrons. The highest BCUT2D eigenvalue weighted by Crippen LogP contribution is 2.39. The summed E-state index contributed by atoms with van der Waals surface area (Å²) >= 11 is 0. The van der Waals surface area contributed by atoms with Crippen LogP contribution in [0.3, 0.4) is 0 Å². The van der Waals surface area contributed by atoms with E-state index < -0.39 is 0 Å². The number of carbonyl (C=O) groups excluding carboxylic acids is 1. The predicted octanol–water partition coefficient (Wildman–Crippen LogP) is 1.95. The molecule has 1 fully saturated rings. The van der Waals surface area contributed by atoms with Gasteiger partial charge in [0.2, 0.25) is 0 Å². The molecule has 1 atom stereocenters. The molecule has 3 heterocycles. The zero-order chi connectivity index (χ0) is 17.4. The molecule has 6 heteroatoms. The van der Waals surface area contributed by atoms with Gasteiger partial charge in [0.1, 0.15) is 17.5 Å². The van der Waals surface area contributed by atoms with E-state index in [4.69, 9.17) is 10.5 Å². The molecule has 2 N–H and O–H groups in total. The number of aryl methyl sites for hydroxylation is 1. The molecule has 6 nitrogen and oxygen atoms in total. The average Bonchev–Trinajstić information content (AvgIpc) is 3.29. The fraction of sp³-hybridized carbons (Fsp3) is 0.421. The van der Waals surface area contributed by atoms with E-state index >= 15 is 0 Å². The van der Waals surface area contributed by atoms with E-state index in [1.807, 2.05) is 17.9 Å². The number of carbonyl (C=O) groups is 1. The van der Waals surface area contributed by atoms with Crippen molar-refractivity contribution in [3.63, 3.8) is 0 Å². The summed E-state index contributed by atoms with van der Waals surface area (Å²) < 4.78 is 6.01. The second-order valence-electron chi connectivity index (χ2n) is 6.77. The van der Waals surface area contributed by atoms with Gasteiger partial charge in [0.05, 0.1) is 18.1 Å². The number of aromatic nitrogens is 2. The van der Waals surface area contributed by atoms with Crippen LogP contribution in [0.25, 0.3) is 11.3 Å². The van der Waals surface area contributed by atoms with Gasteiger partial charge in [-0.1, -0.05) is 6.07 Å². The molecule has 25 heavy (non-hydrogen) atoms. The minimum Gasteiger partial charge on any atom is -0.488 e. The maximum absolute atomic E-state index is 12.6. The summed E-state index contributed by atoms with van der Waals surface area (Å²) in [4.78, 5) is 23.3. The molecule has 0 radical (unpaired) electrons. The van der Waals surface area contributed by atoms with E-state index in [0.717, 1.165) is 54.8 Å². The largest absolute Gasteiger partial charge is 0.488 e. The van der Waals surface area contributed by atoms with Gasteiger partial charge in [0.15, 0.2) is 0 Å². The normalized spacial score (nSPS) is 19.0. The highest BCUT2D eigenvalue weighted by atomic mass is 16.5. The molecule has 1 aromatic heterocycles. The Labute approximate surface area is 147 Å². The Bertz CT molecular complexity index is 815. The van der Waals surface area contributed by atoms with Crippen molar-refractivity contribution in [3.05, 3.63) is 41.3 Å². The molecular weight excluding hydrogens is 316 g/mol. The SMILES string of the molecule is Cc1cc2c(c(-c3cncc(C(=O)N4CCCC4)n3)c1)OC(CN)C2. The van der Waals surface area contributed by atoms with Crippen LogP contribution in [0.4, 0.5) is 0 Å². The van der Waals surface area contributed by atoms with E-state index in [1.54, 1.807) is 12.4 Å². The van der Waals surface area contributed by atoms with Gasteiger partial charge in [-0.3, -0.25) is 9.78 Å². The Hall–Kier alpha value is -2.47. The lowest BCUT2D eigenvalue weighted by molar-refractivity contribution is 0.0786. The minimum absolute atomic E-state index is 0.00192. The number of fused-ring (bicyclic) bond motifs is 1. The Balaban J connectivity index is 1.72. The van der Waals surface area contributed by atoms with Crippen LogP contribution >= 0.6 is 0 Å². The van der Waals surface area contributed by atoms with Crippen molar-refractivity contribution in [2.75, 3.05) is 19.6 Å². The first-order valence-corrected chi connectivity index (χ1v) is 8.77. The van der Waals surface area contributed by atoms with Crippen molar-refractivity contribution in [3.8, 4) is 17.0 Å². The van der Waals surface area contributed by atoms with Crippen molar-refractivity contribution >= 4 is 5.91 Å². The number of benzene rings is 1. The van der Waals surface area contributed by atoms with E-state index in [-0.39, 0.29) is 12.0 Å². The Kier molecular flexibility index (Phi) is 4.13. The lowest BCUT2D eigenvalue weighted by atomic mass is 10.0. The third-order valence-corrected chi connectivity index (χ3v) is 4.83. The first-order chi connectivity index (χ1) is 12.2. The number of amides is 1. The maximum atomic E-state index is 12.6. The Morgan fingerprint density at radius 2 is 2.12 bits per heavy atom. The fourth-order valence-corrected chi connectivity index (χ4v) is 3.60. The van der Waals surface area contributed by atoms with Crippen LogP contribution in [0.2, 0.25) is 0 Å². The molecule has 1 aromatic carbocycles. The molecule has 4 rings (SSSR count). The van der Waals surface area contributed by atoms with Gasteiger partial charge in [-0.15, -0.1) is 0 Å². The summed E-state index contributed by atoms with van der Waals surface area (Å²) in [5.74, 6) is 0.776. The van der Waals surface area contributed by atoms with Crippen molar-refractivity contribution in [2.45, 2.75) is 32.3 Å². The molecule has 0 saturated carbocycles. The molecular formula is C19H22N4O2. The number of likely N-dealkylation sites (tertiary alicyclic amines) is 1. The molecule has 2 aliphatic rings. The summed E-state index contributed by atoms with van der Waals surface area (Å²) in [6, 6.07) is 4.16. The molecule has 0 spiro atoms. The molecule has 1 saturated heterocycles. The van der Waals surface area contributed by atoms with Crippen LogP contribution in [0.5, 0.6) is 5.75 Å². The highest BCUT2D eigenvalue weighted by molar-refractivity contribution is 5.92. The third kappa shape index (κ3) is 2.98. The van der Waals surface area contributed by atoms with Gasteiger partial charge in [0.25, 0.3) is 5.91 Å². The number of nitrogens with two attached hydrogens (primary N) is 1. The standard InChI is InChI=1S/C19H22N4O2/c1-12-6-13-8-14(9-20)25-18(13)15(7-12)16-10-21-11-17(22-16)19(24)23-4-2-3-5-23/h6-7,10-11,14H,2-5,8-9,20H2,1H3. The van der Waals surface area contributed by atoms with Gasteiger partial charge < -0.3 is 15.4 Å². The second-order valence-corrected chi connectivity index (χ2v) is 6.77. The van der Waals surface area contributed by atoms with E-state index in [9.17, 15) is 4.79 Å². The van der Waals surface area contributed by atoms with E-state index in [1.165, 1.54) is 0 Å². The van der Waals surface area contributed by atoms with Crippen molar-refractivity contribution < 1.29 is 9.53 Å². The van der Waals surface area contributed by atoms with Crippen molar-refractivity contribution in [1.82, 2.24) is 14.9 Å². The Morgan fingerprint density at radius 1 is 1.32 bits per heavy atom. The number of nitrogens with zero attached hydrogens (tertiary/aromatic N) is 3. The van der Waals surface area contributed by atoms with E-state index in [2.05, 4.69) is 16.0 Å². The number of hydrogen-bond donors (Lipinski definition) is 1. The quantitative estimate of drug-likeness (QED) is 0.925. The zero-order valence-corrected chi connectivity index (χ0v) is 14.4. The fourth-order valence-electron chi connectivity index (χ4n) is 3.60. The number of rotatable bonds is 3. The molecule has 2 aliphatic heterocycles. The summed E-state index contributed by atoms with van der Waals surface area (Å²) in [7, 11) is 0. The smallest absolute Gasteiger partial charge is 0.274 e. The van der Waals surface area contributed by atoms with Gasteiger partial charge in [0, 0.05) is 31.6 Å². The lowest BCUT2D eigenvalue weighted by Gasteiger charge is -2.15. The average molecular weight is 338 g/mol. The van der Waals surface area contributed by atoms with Crippen molar-refractivity contribution in [1.29, 1.82) is 0 Å². The second kappa shape index (κ2) is 6.44.